The molecule has 3 aromatic rings. The normalized spacial score (nSPS) is 10.3. The minimum atomic E-state index is 0.666. The van der Waals surface area contributed by atoms with Crippen molar-refractivity contribution in [3.63, 3.8) is 0 Å². The van der Waals surface area contributed by atoms with Gasteiger partial charge in [0, 0.05) is 12.3 Å². The van der Waals surface area contributed by atoms with Crippen LogP contribution in [0.4, 0.5) is 0 Å². The fourth-order valence-electron chi connectivity index (χ4n) is 2.23. The number of pyridine rings is 1. The van der Waals surface area contributed by atoms with Crippen molar-refractivity contribution in [2.75, 3.05) is 6.61 Å². The topological polar surface area (TPSA) is 31.4 Å². The highest BCUT2D eigenvalue weighted by molar-refractivity contribution is 5.32. The molecule has 2 aromatic carbocycles. The summed E-state index contributed by atoms with van der Waals surface area (Å²) in [6.45, 7) is 0.666. The molecule has 3 nitrogen and oxygen atoms in total. The number of para-hydroxylation sites is 1. The Morgan fingerprint density at radius 1 is 0.739 bits per heavy atom. The second kappa shape index (κ2) is 7.99. The third kappa shape index (κ3) is 4.85. The molecule has 1 heterocycles. The van der Waals surface area contributed by atoms with Gasteiger partial charge in [-0.2, -0.15) is 0 Å². The van der Waals surface area contributed by atoms with Crippen molar-refractivity contribution in [3.05, 3.63) is 84.6 Å². The Labute approximate surface area is 136 Å². The van der Waals surface area contributed by atoms with Crippen LogP contribution in [0, 0.1) is 0 Å². The highest BCUT2D eigenvalue weighted by Crippen LogP contribution is 2.21. The summed E-state index contributed by atoms with van der Waals surface area (Å²) in [7, 11) is 0. The molecule has 0 aliphatic rings. The first kappa shape index (κ1) is 15.1. The monoisotopic (exact) mass is 305 g/mol. The van der Waals surface area contributed by atoms with Gasteiger partial charge in [0.15, 0.2) is 0 Å². The predicted octanol–water partition coefficient (Wildman–Crippen LogP) is 4.89. The number of benzene rings is 2. The molecule has 0 unspecified atom stereocenters. The molecule has 23 heavy (non-hydrogen) atoms. The highest BCUT2D eigenvalue weighted by Gasteiger charge is 1.99. The van der Waals surface area contributed by atoms with Gasteiger partial charge in [-0.1, -0.05) is 36.4 Å². The van der Waals surface area contributed by atoms with Crippen molar-refractivity contribution in [3.8, 4) is 17.4 Å². The maximum atomic E-state index is 5.78. The van der Waals surface area contributed by atoms with Gasteiger partial charge in [-0.25, -0.2) is 4.98 Å². The van der Waals surface area contributed by atoms with Crippen LogP contribution in [0.3, 0.4) is 0 Å². The van der Waals surface area contributed by atoms with Crippen LogP contribution in [-0.4, -0.2) is 11.6 Å². The van der Waals surface area contributed by atoms with Crippen LogP contribution >= 0.6 is 0 Å². The van der Waals surface area contributed by atoms with Crippen LogP contribution in [0.15, 0.2) is 79.0 Å². The van der Waals surface area contributed by atoms with Crippen LogP contribution in [0.2, 0.25) is 0 Å². The maximum Gasteiger partial charge on any atom is 0.213 e. The highest BCUT2D eigenvalue weighted by atomic mass is 16.5. The predicted molar refractivity (Wildman–Crippen MR) is 91.0 cm³/mol. The van der Waals surface area contributed by atoms with E-state index < -0.39 is 0 Å². The van der Waals surface area contributed by atoms with E-state index in [2.05, 4.69) is 17.1 Å². The maximum absolute atomic E-state index is 5.78. The average Bonchev–Trinajstić information content (AvgIpc) is 2.62. The van der Waals surface area contributed by atoms with E-state index in [-0.39, 0.29) is 0 Å². The van der Waals surface area contributed by atoms with Crippen LogP contribution < -0.4 is 9.47 Å². The Morgan fingerprint density at radius 3 is 2.22 bits per heavy atom. The third-order valence-corrected chi connectivity index (χ3v) is 3.40. The third-order valence-electron chi connectivity index (χ3n) is 3.40. The lowest BCUT2D eigenvalue weighted by Crippen LogP contribution is -2.00. The summed E-state index contributed by atoms with van der Waals surface area (Å²) < 4.78 is 11.4. The molecule has 0 atom stereocenters. The molecule has 0 fully saturated rings. The van der Waals surface area contributed by atoms with Gasteiger partial charge in [0.05, 0.1) is 6.61 Å². The summed E-state index contributed by atoms with van der Waals surface area (Å²) >= 11 is 0. The molecule has 0 radical (unpaired) electrons. The van der Waals surface area contributed by atoms with Crippen LogP contribution in [0.25, 0.3) is 0 Å². The molecule has 0 bridgehead atoms. The van der Waals surface area contributed by atoms with Gasteiger partial charge in [-0.05, 0) is 48.7 Å². The Balaban J connectivity index is 1.44. The number of nitrogens with zero attached hydrogens (tertiary/aromatic N) is 1. The van der Waals surface area contributed by atoms with Gasteiger partial charge in [-0.3, -0.25) is 0 Å². The van der Waals surface area contributed by atoms with Gasteiger partial charge < -0.3 is 9.47 Å². The number of aryl methyl sites for hydroxylation is 1. The summed E-state index contributed by atoms with van der Waals surface area (Å²) in [6, 6.07) is 23.7. The summed E-state index contributed by atoms with van der Waals surface area (Å²) in [4.78, 5) is 4.14. The lowest BCUT2D eigenvalue weighted by atomic mass is 10.1. The Morgan fingerprint density at radius 2 is 1.48 bits per heavy atom. The van der Waals surface area contributed by atoms with Gasteiger partial charge in [0.1, 0.15) is 11.5 Å². The first-order valence-electron chi connectivity index (χ1n) is 7.76. The van der Waals surface area contributed by atoms with Crippen molar-refractivity contribution in [1.82, 2.24) is 4.98 Å². The molecule has 0 saturated carbocycles. The quantitative estimate of drug-likeness (QED) is 0.583. The molecule has 116 valence electrons. The first-order chi connectivity index (χ1) is 11.4. The second-order valence-corrected chi connectivity index (χ2v) is 5.18. The van der Waals surface area contributed by atoms with Gasteiger partial charge in [-0.15, -0.1) is 0 Å². The molecule has 0 aliphatic heterocycles. The Bertz CT molecular complexity index is 697. The number of rotatable bonds is 7. The van der Waals surface area contributed by atoms with E-state index in [9.17, 15) is 0 Å². The molecule has 0 aliphatic carbocycles. The van der Waals surface area contributed by atoms with E-state index in [1.54, 1.807) is 6.20 Å². The number of hydrogen-bond donors (Lipinski definition) is 0. The van der Waals surface area contributed by atoms with Crippen LogP contribution in [0.5, 0.6) is 17.4 Å². The van der Waals surface area contributed by atoms with Gasteiger partial charge in [0.2, 0.25) is 5.88 Å². The lowest BCUT2D eigenvalue weighted by Gasteiger charge is -2.07. The zero-order valence-corrected chi connectivity index (χ0v) is 12.9. The standard InChI is InChI=1S/C20H19NO2/c1-2-8-18(9-3-1)23-19-13-11-17(12-14-19)7-6-16-22-20-10-4-5-15-21-20/h1-5,8-15H,6-7,16H2. The largest absolute Gasteiger partial charge is 0.478 e. The smallest absolute Gasteiger partial charge is 0.213 e. The molecule has 0 N–H and O–H groups in total. The van der Waals surface area contributed by atoms with Crippen molar-refractivity contribution >= 4 is 0 Å². The molecule has 0 amide bonds. The minimum absolute atomic E-state index is 0.666. The lowest BCUT2D eigenvalue weighted by molar-refractivity contribution is 0.299. The van der Waals surface area contributed by atoms with E-state index >= 15 is 0 Å². The zero-order valence-electron chi connectivity index (χ0n) is 12.9. The zero-order chi connectivity index (χ0) is 15.7. The SMILES string of the molecule is c1ccc(Oc2ccc(CCCOc3ccccn3)cc2)cc1. The van der Waals surface area contributed by atoms with Crippen molar-refractivity contribution < 1.29 is 9.47 Å². The summed E-state index contributed by atoms with van der Waals surface area (Å²) in [5, 5.41) is 0. The number of ether oxygens (including phenoxy) is 2. The van der Waals surface area contributed by atoms with E-state index in [1.807, 2.05) is 60.7 Å². The summed E-state index contributed by atoms with van der Waals surface area (Å²) in [5.74, 6) is 2.38. The number of hydrogen-bond acceptors (Lipinski definition) is 3. The van der Waals surface area contributed by atoms with Crippen molar-refractivity contribution in [2.24, 2.45) is 0 Å². The minimum Gasteiger partial charge on any atom is -0.478 e. The van der Waals surface area contributed by atoms with E-state index in [1.165, 1.54) is 5.56 Å². The fraction of sp³-hybridized carbons (Fsp3) is 0.150. The Kier molecular flexibility index (Phi) is 5.25. The van der Waals surface area contributed by atoms with E-state index in [0.29, 0.717) is 12.5 Å². The Hall–Kier alpha value is -2.81. The first-order valence-corrected chi connectivity index (χ1v) is 7.76. The average molecular weight is 305 g/mol. The molecular weight excluding hydrogens is 286 g/mol. The number of aromatic nitrogens is 1. The second-order valence-electron chi connectivity index (χ2n) is 5.18. The van der Waals surface area contributed by atoms with Crippen molar-refractivity contribution in [1.29, 1.82) is 0 Å². The van der Waals surface area contributed by atoms with E-state index in [0.717, 1.165) is 24.3 Å². The fourth-order valence-corrected chi connectivity index (χ4v) is 2.23. The van der Waals surface area contributed by atoms with Gasteiger partial charge in [0.25, 0.3) is 0 Å². The molecule has 3 heteroatoms. The van der Waals surface area contributed by atoms with Crippen LogP contribution in [-0.2, 0) is 6.42 Å². The van der Waals surface area contributed by atoms with Crippen molar-refractivity contribution in [2.45, 2.75) is 12.8 Å². The molecule has 3 rings (SSSR count). The van der Waals surface area contributed by atoms with Crippen LogP contribution in [0.1, 0.15) is 12.0 Å². The van der Waals surface area contributed by atoms with Gasteiger partial charge >= 0.3 is 0 Å². The molecule has 1 aromatic heterocycles. The summed E-state index contributed by atoms with van der Waals surface area (Å²) in [6.07, 6.45) is 3.66. The van der Waals surface area contributed by atoms with E-state index in [4.69, 9.17) is 9.47 Å². The molecular formula is C20H19NO2. The molecule has 0 spiro atoms. The molecule has 0 saturated heterocycles. The summed E-state index contributed by atoms with van der Waals surface area (Å²) in [5.41, 5.74) is 1.27.